The summed E-state index contributed by atoms with van der Waals surface area (Å²) in [6.07, 6.45) is 6.63. The van der Waals surface area contributed by atoms with Crippen molar-refractivity contribution < 1.29 is 23.0 Å². The minimum Gasteiger partial charge on any atom is -0.508 e. The highest BCUT2D eigenvalue weighted by molar-refractivity contribution is 5.96. The topological polar surface area (TPSA) is 73.8 Å². The van der Waals surface area contributed by atoms with E-state index in [0.29, 0.717) is 74.2 Å². The molecule has 4 saturated heterocycles. The van der Waals surface area contributed by atoms with Crippen LogP contribution in [0, 0.1) is 11.6 Å². The van der Waals surface area contributed by atoms with E-state index in [2.05, 4.69) is 10.2 Å². The maximum absolute atomic E-state index is 15.1. The Morgan fingerprint density at radius 3 is 2.76 bits per heavy atom. The van der Waals surface area contributed by atoms with Gasteiger partial charge in [-0.2, -0.15) is 9.97 Å². The second-order valence-electron chi connectivity index (χ2n) is 13.1. The molecule has 2 bridgehead atoms. The van der Waals surface area contributed by atoms with E-state index >= 15 is 4.39 Å². The monoisotopic (exact) mass is 579 g/mol. The fourth-order valence-corrected chi connectivity index (χ4v) is 8.58. The average molecular weight is 580 g/mol. The van der Waals surface area contributed by atoms with E-state index in [1.165, 1.54) is 31.0 Å². The molecule has 0 spiro atoms. The van der Waals surface area contributed by atoms with Crippen molar-refractivity contribution in [2.45, 2.75) is 87.6 Å². The van der Waals surface area contributed by atoms with Crippen molar-refractivity contribution in [2.75, 3.05) is 31.1 Å². The first-order valence-electron chi connectivity index (χ1n) is 15.4. The highest BCUT2D eigenvalue weighted by atomic mass is 19.2. The second-order valence-corrected chi connectivity index (χ2v) is 13.1. The van der Waals surface area contributed by atoms with Gasteiger partial charge in [0.05, 0.1) is 29.2 Å². The van der Waals surface area contributed by atoms with Crippen molar-refractivity contribution in [3.8, 4) is 11.8 Å². The van der Waals surface area contributed by atoms with E-state index < -0.39 is 17.8 Å². The van der Waals surface area contributed by atoms with Crippen LogP contribution in [0.25, 0.3) is 10.8 Å². The molecule has 8 rings (SSSR count). The molecule has 0 saturated carbocycles. The number of ether oxygens (including phenoxy) is 1. The molecule has 10 heteroatoms. The molecule has 6 heterocycles. The second kappa shape index (κ2) is 9.98. The molecule has 42 heavy (non-hydrogen) atoms. The van der Waals surface area contributed by atoms with Gasteiger partial charge in [-0.05, 0) is 74.6 Å². The van der Waals surface area contributed by atoms with E-state index in [4.69, 9.17) is 14.7 Å². The first-order valence-corrected chi connectivity index (χ1v) is 15.4. The Balaban J connectivity index is 1.16. The predicted octanol–water partition coefficient (Wildman–Crippen LogP) is 5.13. The van der Waals surface area contributed by atoms with Gasteiger partial charge in [-0.25, -0.2) is 13.2 Å². The number of nitrogens with zero attached hydrogens (tertiary/aromatic N) is 4. The van der Waals surface area contributed by atoms with E-state index in [-0.39, 0.29) is 16.7 Å². The molecule has 0 amide bonds. The number of alkyl halides is 1. The number of halogens is 3. The summed E-state index contributed by atoms with van der Waals surface area (Å²) in [5.41, 5.74) is 3.11. The number of rotatable bonds is 5. The fourth-order valence-electron chi connectivity index (χ4n) is 8.58. The van der Waals surface area contributed by atoms with Crippen LogP contribution >= 0.6 is 0 Å². The van der Waals surface area contributed by atoms with Gasteiger partial charge in [-0.1, -0.05) is 6.07 Å². The summed E-state index contributed by atoms with van der Waals surface area (Å²) < 4.78 is 50.2. The van der Waals surface area contributed by atoms with Gasteiger partial charge >= 0.3 is 6.01 Å². The third-order valence-electron chi connectivity index (χ3n) is 10.5. The number of anilines is 1. The summed E-state index contributed by atoms with van der Waals surface area (Å²) in [7, 11) is 0. The van der Waals surface area contributed by atoms with Crippen LogP contribution in [0.2, 0.25) is 0 Å². The van der Waals surface area contributed by atoms with Gasteiger partial charge in [0, 0.05) is 49.0 Å². The molecule has 2 aromatic carbocycles. The van der Waals surface area contributed by atoms with E-state index in [0.717, 1.165) is 55.2 Å². The Labute approximate surface area is 243 Å². The number of phenolic OH excluding ortho intramolecular Hbond substituents is 1. The maximum Gasteiger partial charge on any atom is 0.316 e. The number of fused-ring (bicyclic) bond motifs is 5. The van der Waals surface area contributed by atoms with Crippen molar-refractivity contribution in [2.24, 2.45) is 0 Å². The molecular formula is C32H36F3N5O2. The minimum atomic E-state index is -0.922. The first kappa shape index (κ1) is 26.5. The lowest BCUT2D eigenvalue weighted by Gasteiger charge is -2.35. The molecule has 0 unspecified atom stereocenters. The third-order valence-corrected chi connectivity index (χ3v) is 10.5. The molecule has 5 atom stereocenters. The number of nitrogens with one attached hydrogen (secondary N) is 1. The van der Waals surface area contributed by atoms with E-state index in [9.17, 15) is 13.9 Å². The Bertz CT molecular complexity index is 1540. The zero-order chi connectivity index (χ0) is 28.6. The zero-order valence-electron chi connectivity index (χ0n) is 23.6. The average Bonchev–Trinajstić information content (AvgIpc) is 3.63. The van der Waals surface area contributed by atoms with Crippen LogP contribution in [0.3, 0.4) is 0 Å². The highest BCUT2D eigenvalue weighted by Crippen LogP contribution is 2.43. The molecule has 1 aromatic heterocycles. The van der Waals surface area contributed by atoms with Crippen LogP contribution in [0.4, 0.5) is 18.9 Å². The Morgan fingerprint density at radius 1 is 1.10 bits per heavy atom. The van der Waals surface area contributed by atoms with Crippen LogP contribution in [-0.4, -0.2) is 70.0 Å². The number of aromatic hydroxyl groups is 1. The predicted molar refractivity (Wildman–Crippen MR) is 153 cm³/mol. The van der Waals surface area contributed by atoms with Gasteiger partial charge in [-0.15, -0.1) is 0 Å². The lowest BCUT2D eigenvalue weighted by atomic mass is 9.85. The molecule has 3 aromatic rings. The molecule has 5 aliphatic rings. The maximum atomic E-state index is 15.1. The fraction of sp³-hybridized carbons (Fsp3) is 0.562. The number of aromatic nitrogens is 2. The third kappa shape index (κ3) is 4.40. The van der Waals surface area contributed by atoms with Crippen LogP contribution in [0.15, 0.2) is 24.3 Å². The van der Waals surface area contributed by atoms with Gasteiger partial charge in [-0.3, -0.25) is 4.90 Å². The Morgan fingerprint density at radius 2 is 1.93 bits per heavy atom. The van der Waals surface area contributed by atoms with Crippen molar-refractivity contribution in [1.29, 1.82) is 0 Å². The molecular weight excluding hydrogens is 543 g/mol. The number of phenols is 1. The highest BCUT2D eigenvalue weighted by Gasteiger charge is 2.49. The van der Waals surface area contributed by atoms with Crippen molar-refractivity contribution in [1.82, 2.24) is 20.2 Å². The molecule has 4 fully saturated rings. The SMILES string of the molecule is Oc1cc(N2CCc3c(nc(OC[C@@]45CCCN4C[C@H](F)C5)nc3[C@@H]3C[C@H]4CC[C@@H](C3)N4)C2)c2c(F)c(F)ccc2c1. The van der Waals surface area contributed by atoms with Crippen LogP contribution in [-0.2, 0) is 13.0 Å². The molecule has 5 aliphatic heterocycles. The van der Waals surface area contributed by atoms with Crippen molar-refractivity contribution in [3.63, 3.8) is 0 Å². The van der Waals surface area contributed by atoms with Gasteiger partial charge in [0.15, 0.2) is 11.6 Å². The lowest BCUT2D eigenvalue weighted by Crippen LogP contribution is -2.43. The summed E-state index contributed by atoms with van der Waals surface area (Å²) in [5.74, 6) is -1.55. The molecule has 222 valence electrons. The van der Waals surface area contributed by atoms with Crippen LogP contribution in [0.5, 0.6) is 11.8 Å². The van der Waals surface area contributed by atoms with Gasteiger partial charge in [0.2, 0.25) is 0 Å². The number of benzene rings is 2. The zero-order valence-corrected chi connectivity index (χ0v) is 23.6. The molecule has 2 N–H and O–H groups in total. The molecule has 0 radical (unpaired) electrons. The van der Waals surface area contributed by atoms with E-state index in [1.54, 1.807) is 0 Å². The number of piperidine rings is 1. The summed E-state index contributed by atoms with van der Waals surface area (Å²) in [4.78, 5) is 14.1. The van der Waals surface area contributed by atoms with Gasteiger partial charge < -0.3 is 20.1 Å². The Hall–Kier alpha value is -3.11. The number of hydrogen-bond acceptors (Lipinski definition) is 7. The van der Waals surface area contributed by atoms with Gasteiger partial charge in [0.1, 0.15) is 18.5 Å². The standard InChI is InChI=1S/C32H36F3N5O2/c33-20-14-32(7-1-8-40(32)15-20)17-42-31-37-26-16-39(27-13-23(41)12-18-2-5-25(34)29(35)28(18)27)9-6-24(26)30(38-31)19-10-21-3-4-22(11-19)36-21/h2,5,12-13,19-22,36,41H,1,3-4,6-11,14-17H2/t19-,20-,21-,22+,32+/m1/s1. The van der Waals surface area contributed by atoms with Gasteiger partial charge in [0.25, 0.3) is 0 Å². The molecule has 0 aliphatic carbocycles. The normalized spacial score (nSPS) is 30.6. The van der Waals surface area contributed by atoms with Crippen molar-refractivity contribution >= 4 is 16.5 Å². The summed E-state index contributed by atoms with van der Waals surface area (Å²) >= 11 is 0. The minimum absolute atomic E-state index is 0.00464. The smallest absolute Gasteiger partial charge is 0.316 e. The number of hydrogen-bond donors (Lipinski definition) is 2. The first-order chi connectivity index (χ1) is 20.3. The quantitative estimate of drug-likeness (QED) is 0.434. The summed E-state index contributed by atoms with van der Waals surface area (Å²) in [6.45, 7) is 2.63. The molecule has 7 nitrogen and oxygen atoms in total. The largest absolute Gasteiger partial charge is 0.508 e. The Kier molecular flexibility index (Phi) is 6.30. The summed E-state index contributed by atoms with van der Waals surface area (Å²) in [6, 6.07) is 6.83. The summed E-state index contributed by atoms with van der Waals surface area (Å²) in [5, 5.41) is 14.8. The van der Waals surface area contributed by atoms with Crippen molar-refractivity contribution in [3.05, 3.63) is 52.9 Å². The van der Waals surface area contributed by atoms with Crippen LogP contribution < -0.4 is 15.0 Å². The lowest BCUT2D eigenvalue weighted by molar-refractivity contribution is 0.106. The van der Waals surface area contributed by atoms with Crippen LogP contribution in [0.1, 0.15) is 67.8 Å². The van der Waals surface area contributed by atoms with E-state index in [1.807, 2.05) is 4.90 Å².